The molecule has 128 valence electrons. The van der Waals surface area contributed by atoms with Gasteiger partial charge in [-0.3, -0.25) is 15.0 Å². The third-order valence-electron chi connectivity index (χ3n) is 3.55. The first-order valence-corrected chi connectivity index (χ1v) is 8.00. The molecule has 1 amide bonds. The number of hydrogen-bond donors (Lipinski definition) is 4. The second kappa shape index (κ2) is 9.84. The van der Waals surface area contributed by atoms with Gasteiger partial charge in [-0.1, -0.05) is 38.1 Å². The molecule has 0 saturated heterocycles. The maximum atomic E-state index is 12.1. The van der Waals surface area contributed by atoms with E-state index in [0.29, 0.717) is 25.4 Å². The highest BCUT2D eigenvalue weighted by Gasteiger charge is 2.14. The van der Waals surface area contributed by atoms with Crippen LogP contribution in [0, 0.1) is 5.92 Å². The zero-order valence-corrected chi connectivity index (χ0v) is 14.2. The van der Waals surface area contributed by atoms with Gasteiger partial charge in [-0.15, -0.1) is 0 Å². The topological polar surface area (TPSA) is 99.7 Å². The lowest BCUT2D eigenvalue weighted by atomic mass is 9.96. The minimum Gasteiger partial charge on any atom is -0.368 e. The molecule has 0 radical (unpaired) electrons. The summed E-state index contributed by atoms with van der Waals surface area (Å²) >= 11 is 0. The number of nitrogens with one attached hydrogen (secondary N) is 2. The van der Waals surface area contributed by atoms with E-state index in [-0.39, 0.29) is 17.8 Å². The Morgan fingerprint density at radius 1 is 1.26 bits per heavy atom. The van der Waals surface area contributed by atoms with Crippen molar-refractivity contribution in [3.05, 3.63) is 35.4 Å². The lowest BCUT2D eigenvalue weighted by Gasteiger charge is -2.13. The van der Waals surface area contributed by atoms with Crippen molar-refractivity contribution in [2.24, 2.45) is 16.6 Å². The van der Waals surface area contributed by atoms with E-state index in [1.807, 2.05) is 19.1 Å². The molecule has 0 spiro atoms. The highest BCUT2D eigenvalue weighted by atomic mass is 16.5. The fraction of sp³-hybridized carbons (Fsp3) is 0.529. The Balaban J connectivity index is 2.41. The average molecular weight is 320 g/mol. The lowest BCUT2D eigenvalue weighted by Crippen LogP contribution is -2.30. The zero-order chi connectivity index (χ0) is 17.2. The number of hydrogen-bond acceptors (Lipinski definition) is 3. The number of carbonyl (C=O) groups excluding carboxylic acids is 1. The molecule has 0 aliphatic rings. The maximum absolute atomic E-state index is 12.1. The Morgan fingerprint density at radius 2 is 1.91 bits per heavy atom. The van der Waals surface area contributed by atoms with E-state index < -0.39 is 0 Å². The van der Waals surface area contributed by atoms with Crippen LogP contribution in [-0.2, 0) is 11.2 Å². The maximum Gasteiger partial charge on any atom is 0.227 e. The minimum atomic E-state index is -0.184. The number of guanidine groups is 1. The van der Waals surface area contributed by atoms with Gasteiger partial charge in [0.15, 0.2) is 0 Å². The molecular weight excluding hydrogens is 292 g/mol. The van der Waals surface area contributed by atoms with Crippen molar-refractivity contribution in [3.63, 3.8) is 0 Å². The van der Waals surface area contributed by atoms with Gasteiger partial charge in [0.25, 0.3) is 0 Å². The Kier molecular flexibility index (Phi) is 8.11. The molecule has 0 aromatic heterocycles. The summed E-state index contributed by atoms with van der Waals surface area (Å²) < 4.78 is 0. The number of rotatable bonds is 8. The van der Waals surface area contributed by atoms with Gasteiger partial charge in [-0.2, -0.15) is 0 Å². The van der Waals surface area contributed by atoms with E-state index in [0.717, 1.165) is 12.0 Å². The standard InChI is InChI=1S/C17H28N4O2/c1-12(2)11-14-5-7-15(8-6-14)13(3)16(22)19-9-4-10-20-17(18)21-23/h5-8,12-13,23H,4,9-11H2,1-3H3,(H,19,22)(H3,18,20,21)/t13-/m1/s1. The van der Waals surface area contributed by atoms with E-state index >= 15 is 0 Å². The SMILES string of the molecule is CC(C)Cc1ccc([C@@H](C)C(=O)NCCCN=C(N)NO)cc1. The second-order valence-corrected chi connectivity index (χ2v) is 6.08. The van der Waals surface area contributed by atoms with Crippen LogP contribution in [0.5, 0.6) is 0 Å². The van der Waals surface area contributed by atoms with Crippen LogP contribution < -0.4 is 16.5 Å². The van der Waals surface area contributed by atoms with Crippen molar-refractivity contribution in [1.29, 1.82) is 0 Å². The predicted octanol–water partition coefficient (Wildman–Crippen LogP) is 1.79. The summed E-state index contributed by atoms with van der Waals surface area (Å²) in [5.74, 6) is 0.417. The van der Waals surface area contributed by atoms with Crippen LogP contribution in [0.4, 0.5) is 0 Å². The van der Waals surface area contributed by atoms with Crippen LogP contribution in [0.25, 0.3) is 0 Å². The molecule has 0 saturated carbocycles. The third-order valence-corrected chi connectivity index (χ3v) is 3.55. The predicted molar refractivity (Wildman–Crippen MR) is 92.4 cm³/mol. The van der Waals surface area contributed by atoms with Crippen molar-refractivity contribution >= 4 is 11.9 Å². The second-order valence-electron chi connectivity index (χ2n) is 6.08. The molecule has 0 aliphatic heterocycles. The van der Waals surface area contributed by atoms with E-state index in [1.54, 1.807) is 5.48 Å². The molecule has 0 bridgehead atoms. The van der Waals surface area contributed by atoms with Crippen LogP contribution >= 0.6 is 0 Å². The van der Waals surface area contributed by atoms with Gasteiger partial charge < -0.3 is 11.1 Å². The first kappa shape index (κ1) is 19.0. The largest absolute Gasteiger partial charge is 0.368 e. The molecular formula is C17H28N4O2. The molecule has 1 aromatic carbocycles. The van der Waals surface area contributed by atoms with Gasteiger partial charge in [0.1, 0.15) is 0 Å². The Labute approximate surface area is 138 Å². The molecule has 23 heavy (non-hydrogen) atoms. The zero-order valence-electron chi connectivity index (χ0n) is 14.2. The molecule has 1 atom stereocenters. The summed E-state index contributed by atoms with van der Waals surface area (Å²) in [6.07, 6.45) is 1.71. The number of amides is 1. The number of hydroxylamine groups is 1. The lowest BCUT2D eigenvalue weighted by molar-refractivity contribution is -0.122. The quantitative estimate of drug-likeness (QED) is 0.254. The summed E-state index contributed by atoms with van der Waals surface area (Å²) in [5.41, 5.74) is 9.36. The molecule has 0 heterocycles. The monoisotopic (exact) mass is 320 g/mol. The molecule has 6 heteroatoms. The van der Waals surface area contributed by atoms with Crippen molar-refractivity contribution in [2.75, 3.05) is 13.1 Å². The smallest absolute Gasteiger partial charge is 0.227 e. The Morgan fingerprint density at radius 3 is 2.48 bits per heavy atom. The minimum absolute atomic E-state index is 0.00107. The normalized spacial score (nSPS) is 13.0. The fourth-order valence-corrected chi connectivity index (χ4v) is 2.24. The average Bonchev–Trinajstić information content (AvgIpc) is 2.53. The Bertz CT molecular complexity index is 512. The van der Waals surface area contributed by atoms with Gasteiger partial charge in [0.05, 0.1) is 5.92 Å². The van der Waals surface area contributed by atoms with Crippen LogP contribution in [-0.4, -0.2) is 30.2 Å². The van der Waals surface area contributed by atoms with Crippen LogP contribution in [0.15, 0.2) is 29.3 Å². The summed E-state index contributed by atoms with van der Waals surface area (Å²) in [4.78, 5) is 16.0. The Hall–Kier alpha value is -2.08. The van der Waals surface area contributed by atoms with Crippen molar-refractivity contribution < 1.29 is 10.0 Å². The van der Waals surface area contributed by atoms with Gasteiger partial charge >= 0.3 is 0 Å². The fourth-order valence-electron chi connectivity index (χ4n) is 2.24. The molecule has 0 fully saturated rings. The van der Waals surface area contributed by atoms with E-state index in [1.165, 1.54) is 5.56 Å². The summed E-state index contributed by atoms with van der Waals surface area (Å²) in [5, 5.41) is 11.4. The third kappa shape index (κ3) is 7.15. The molecule has 0 unspecified atom stereocenters. The van der Waals surface area contributed by atoms with Gasteiger partial charge in [-0.05, 0) is 36.8 Å². The number of carbonyl (C=O) groups is 1. The number of nitrogens with zero attached hydrogens (tertiary/aromatic N) is 1. The highest BCUT2D eigenvalue weighted by molar-refractivity contribution is 5.83. The number of benzene rings is 1. The number of nitrogens with two attached hydrogens (primary N) is 1. The van der Waals surface area contributed by atoms with Gasteiger partial charge in [-0.25, -0.2) is 5.48 Å². The summed E-state index contributed by atoms with van der Waals surface area (Å²) in [6, 6.07) is 8.25. The summed E-state index contributed by atoms with van der Waals surface area (Å²) in [6.45, 7) is 7.25. The van der Waals surface area contributed by atoms with Crippen LogP contribution in [0.3, 0.4) is 0 Å². The van der Waals surface area contributed by atoms with E-state index in [9.17, 15) is 4.79 Å². The summed E-state index contributed by atoms with van der Waals surface area (Å²) in [7, 11) is 0. The van der Waals surface area contributed by atoms with Crippen molar-refractivity contribution in [1.82, 2.24) is 10.8 Å². The van der Waals surface area contributed by atoms with E-state index in [4.69, 9.17) is 10.9 Å². The molecule has 6 nitrogen and oxygen atoms in total. The van der Waals surface area contributed by atoms with E-state index in [2.05, 4.69) is 36.3 Å². The number of aliphatic imine (C=N–C) groups is 1. The van der Waals surface area contributed by atoms with Crippen molar-refractivity contribution in [2.45, 2.75) is 39.5 Å². The highest BCUT2D eigenvalue weighted by Crippen LogP contribution is 2.17. The molecule has 0 aliphatic carbocycles. The van der Waals surface area contributed by atoms with Gasteiger partial charge in [0, 0.05) is 13.1 Å². The van der Waals surface area contributed by atoms with Crippen LogP contribution in [0.1, 0.15) is 44.2 Å². The van der Waals surface area contributed by atoms with Crippen LogP contribution in [0.2, 0.25) is 0 Å². The van der Waals surface area contributed by atoms with Gasteiger partial charge in [0.2, 0.25) is 11.9 Å². The van der Waals surface area contributed by atoms with Crippen molar-refractivity contribution in [3.8, 4) is 0 Å². The first-order chi connectivity index (χ1) is 10.9. The first-order valence-electron chi connectivity index (χ1n) is 8.00. The molecule has 1 aromatic rings. The molecule has 1 rings (SSSR count). The molecule has 5 N–H and O–H groups in total.